The predicted molar refractivity (Wildman–Crippen MR) is 58.9 cm³/mol. The number of hydrogen-bond acceptors (Lipinski definition) is 4. The van der Waals surface area contributed by atoms with Crippen molar-refractivity contribution in [3.05, 3.63) is 12.3 Å². The molecule has 1 unspecified atom stereocenters. The lowest BCUT2D eigenvalue weighted by atomic mass is 10.2. The lowest BCUT2D eigenvalue weighted by Gasteiger charge is -2.22. The minimum atomic E-state index is 0.0288. The Kier molecular flexibility index (Phi) is 4.50. The van der Waals surface area contributed by atoms with Crippen molar-refractivity contribution < 1.29 is 9.47 Å². The van der Waals surface area contributed by atoms with E-state index in [-0.39, 0.29) is 6.29 Å². The average molecular weight is 228 g/mol. The third kappa shape index (κ3) is 3.85. The average Bonchev–Trinajstić information content (AvgIpc) is 2.79. The van der Waals surface area contributed by atoms with Crippen molar-refractivity contribution in [3.8, 4) is 0 Å². The fraction of sp³-hybridized carbons (Fsp3) is 0.700. The zero-order valence-electron chi connectivity index (χ0n) is 8.65. The second kappa shape index (κ2) is 6.15. The first-order valence-electron chi connectivity index (χ1n) is 5.30. The number of nitrogens with one attached hydrogen (secondary N) is 1. The van der Waals surface area contributed by atoms with Gasteiger partial charge in [-0.05, 0) is 25.3 Å². The summed E-state index contributed by atoms with van der Waals surface area (Å²) < 4.78 is 11.1. The molecule has 0 saturated carbocycles. The highest BCUT2D eigenvalue weighted by Gasteiger charge is 2.13. The first-order valence-corrected chi connectivity index (χ1v) is 6.29. The summed E-state index contributed by atoms with van der Waals surface area (Å²) in [6.45, 7) is 1.58. The first kappa shape index (κ1) is 11.0. The Bertz CT molecular complexity index is 260. The van der Waals surface area contributed by atoms with E-state index in [0.717, 1.165) is 30.4 Å². The fourth-order valence-electron chi connectivity index (χ4n) is 1.50. The van der Waals surface area contributed by atoms with Crippen LogP contribution in [0.5, 0.6) is 0 Å². The van der Waals surface area contributed by atoms with Crippen molar-refractivity contribution in [2.45, 2.75) is 30.6 Å². The predicted octanol–water partition coefficient (Wildman–Crippen LogP) is 2.04. The van der Waals surface area contributed by atoms with Gasteiger partial charge in [0.15, 0.2) is 6.29 Å². The zero-order chi connectivity index (χ0) is 10.3. The Labute approximate surface area is 93.7 Å². The molecule has 5 heteroatoms. The van der Waals surface area contributed by atoms with Gasteiger partial charge in [0.25, 0.3) is 0 Å². The molecule has 1 atom stereocenters. The van der Waals surface area contributed by atoms with Crippen LogP contribution >= 0.6 is 11.8 Å². The summed E-state index contributed by atoms with van der Waals surface area (Å²) in [5, 5.41) is 7.87. The second-order valence-electron chi connectivity index (χ2n) is 3.44. The normalized spacial score (nSPS) is 21.7. The molecule has 1 aromatic rings. The molecule has 2 rings (SSSR count). The van der Waals surface area contributed by atoms with Crippen molar-refractivity contribution in [2.75, 3.05) is 19.0 Å². The van der Waals surface area contributed by atoms with Crippen LogP contribution < -0.4 is 0 Å². The number of nitrogens with zero attached hydrogens (tertiary/aromatic N) is 1. The van der Waals surface area contributed by atoms with E-state index in [2.05, 4.69) is 10.2 Å². The zero-order valence-corrected chi connectivity index (χ0v) is 9.46. The van der Waals surface area contributed by atoms with Crippen LogP contribution in [-0.4, -0.2) is 35.5 Å². The van der Waals surface area contributed by atoms with Gasteiger partial charge in [0.2, 0.25) is 0 Å². The number of aromatic amines is 1. The van der Waals surface area contributed by atoms with Crippen molar-refractivity contribution in [1.82, 2.24) is 10.2 Å². The SMILES string of the molecule is c1cc(SCCOC2CCCCO2)[nH]n1. The number of H-pyrrole nitrogens is 1. The van der Waals surface area contributed by atoms with Crippen molar-refractivity contribution >= 4 is 11.8 Å². The lowest BCUT2D eigenvalue weighted by molar-refractivity contribution is -0.158. The van der Waals surface area contributed by atoms with Gasteiger partial charge in [0, 0.05) is 18.6 Å². The molecule has 0 amide bonds. The molecule has 0 bridgehead atoms. The van der Waals surface area contributed by atoms with Crippen molar-refractivity contribution in [2.24, 2.45) is 0 Å². The molecule has 1 fully saturated rings. The summed E-state index contributed by atoms with van der Waals surface area (Å²) in [6, 6.07) is 1.96. The van der Waals surface area contributed by atoms with E-state index in [1.807, 2.05) is 6.07 Å². The molecule has 1 aliphatic heterocycles. The highest BCUT2D eigenvalue weighted by atomic mass is 32.2. The number of ether oxygens (including phenoxy) is 2. The third-order valence-electron chi connectivity index (χ3n) is 2.26. The summed E-state index contributed by atoms with van der Waals surface area (Å²) in [5.41, 5.74) is 0. The molecule has 1 aromatic heterocycles. The highest BCUT2D eigenvalue weighted by Crippen LogP contribution is 2.16. The second-order valence-corrected chi connectivity index (χ2v) is 4.57. The molecule has 0 aromatic carbocycles. The van der Waals surface area contributed by atoms with Gasteiger partial charge in [-0.25, -0.2) is 0 Å². The van der Waals surface area contributed by atoms with Gasteiger partial charge in [0.05, 0.1) is 11.6 Å². The monoisotopic (exact) mass is 228 g/mol. The van der Waals surface area contributed by atoms with Crippen LogP contribution in [0.3, 0.4) is 0 Å². The van der Waals surface area contributed by atoms with Crippen molar-refractivity contribution in [3.63, 3.8) is 0 Å². The molecule has 1 aliphatic rings. The number of thioether (sulfide) groups is 1. The van der Waals surface area contributed by atoms with E-state index in [0.29, 0.717) is 0 Å². The Balaban J connectivity index is 1.54. The Morgan fingerprint density at radius 3 is 3.33 bits per heavy atom. The summed E-state index contributed by atoms with van der Waals surface area (Å²) in [7, 11) is 0. The van der Waals surface area contributed by atoms with Gasteiger partial charge in [0.1, 0.15) is 0 Å². The Morgan fingerprint density at radius 1 is 1.60 bits per heavy atom. The summed E-state index contributed by atoms with van der Waals surface area (Å²) >= 11 is 1.72. The Hall–Kier alpha value is -0.520. The molecule has 1 N–H and O–H groups in total. The van der Waals surface area contributed by atoms with Crippen molar-refractivity contribution in [1.29, 1.82) is 0 Å². The minimum absolute atomic E-state index is 0.0288. The summed E-state index contributed by atoms with van der Waals surface area (Å²) in [4.78, 5) is 0. The molecule has 15 heavy (non-hydrogen) atoms. The van der Waals surface area contributed by atoms with Crippen LogP contribution in [0.25, 0.3) is 0 Å². The topological polar surface area (TPSA) is 47.1 Å². The van der Waals surface area contributed by atoms with Crippen LogP contribution in [-0.2, 0) is 9.47 Å². The quantitative estimate of drug-likeness (QED) is 0.619. The molecule has 84 valence electrons. The third-order valence-corrected chi connectivity index (χ3v) is 3.17. The number of hydrogen-bond donors (Lipinski definition) is 1. The smallest absolute Gasteiger partial charge is 0.157 e. The van der Waals surface area contributed by atoms with E-state index in [9.17, 15) is 0 Å². The molecule has 4 nitrogen and oxygen atoms in total. The molecular formula is C10H16N2O2S. The van der Waals surface area contributed by atoms with E-state index in [1.165, 1.54) is 12.8 Å². The van der Waals surface area contributed by atoms with E-state index in [1.54, 1.807) is 18.0 Å². The van der Waals surface area contributed by atoms with Crippen LogP contribution in [0.2, 0.25) is 0 Å². The minimum Gasteiger partial charge on any atom is -0.353 e. The van der Waals surface area contributed by atoms with Crippen LogP contribution in [0.4, 0.5) is 0 Å². The van der Waals surface area contributed by atoms with Gasteiger partial charge < -0.3 is 9.47 Å². The Morgan fingerprint density at radius 2 is 2.60 bits per heavy atom. The van der Waals surface area contributed by atoms with E-state index in [4.69, 9.17) is 9.47 Å². The van der Waals surface area contributed by atoms with Gasteiger partial charge >= 0.3 is 0 Å². The van der Waals surface area contributed by atoms with Gasteiger partial charge in [-0.15, -0.1) is 11.8 Å². The van der Waals surface area contributed by atoms with Gasteiger partial charge in [-0.3, -0.25) is 5.10 Å². The first-order chi connectivity index (χ1) is 7.45. The summed E-state index contributed by atoms with van der Waals surface area (Å²) in [5.74, 6) is 0.933. The summed E-state index contributed by atoms with van der Waals surface area (Å²) in [6.07, 6.45) is 5.21. The lowest BCUT2D eigenvalue weighted by Crippen LogP contribution is -2.23. The maximum atomic E-state index is 5.60. The standard InChI is InChI=1S/C10H16N2O2S/c1-2-6-13-10(3-1)14-7-8-15-9-4-5-11-12-9/h4-5,10H,1-3,6-8H2,(H,11,12). The molecular weight excluding hydrogens is 212 g/mol. The van der Waals surface area contributed by atoms with E-state index >= 15 is 0 Å². The highest BCUT2D eigenvalue weighted by molar-refractivity contribution is 7.99. The maximum Gasteiger partial charge on any atom is 0.157 e. The largest absolute Gasteiger partial charge is 0.353 e. The molecule has 0 radical (unpaired) electrons. The molecule has 2 heterocycles. The van der Waals surface area contributed by atoms with Crippen LogP contribution in [0.15, 0.2) is 17.3 Å². The molecule has 0 aliphatic carbocycles. The number of aromatic nitrogens is 2. The fourth-order valence-corrected chi connectivity index (χ4v) is 2.17. The van der Waals surface area contributed by atoms with E-state index < -0.39 is 0 Å². The molecule has 1 saturated heterocycles. The number of rotatable bonds is 5. The molecule has 0 spiro atoms. The maximum absolute atomic E-state index is 5.60. The van der Waals surface area contributed by atoms with Crippen LogP contribution in [0, 0.1) is 0 Å². The van der Waals surface area contributed by atoms with Gasteiger partial charge in [-0.2, -0.15) is 5.10 Å². The van der Waals surface area contributed by atoms with Gasteiger partial charge in [-0.1, -0.05) is 0 Å². The van der Waals surface area contributed by atoms with Crippen LogP contribution in [0.1, 0.15) is 19.3 Å².